The molecule has 2 aromatic heterocycles. The molecule has 0 unspecified atom stereocenters. The maximum absolute atomic E-state index is 12.0. The van der Waals surface area contributed by atoms with Gasteiger partial charge < -0.3 is 4.57 Å². The molecule has 0 radical (unpaired) electrons. The van der Waals surface area contributed by atoms with Crippen molar-refractivity contribution in [3.8, 4) is 11.4 Å². The number of aryl methyl sites for hydroxylation is 1. The van der Waals surface area contributed by atoms with Crippen LogP contribution in [0.3, 0.4) is 0 Å². The summed E-state index contributed by atoms with van der Waals surface area (Å²) in [5.41, 5.74) is 5.52. The lowest BCUT2D eigenvalue weighted by Crippen LogP contribution is -2.17. The zero-order chi connectivity index (χ0) is 16.8. The number of hydrogen-bond acceptors (Lipinski definition) is 3. The second-order valence-corrected chi connectivity index (χ2v) is 5.16. The third kappa shape index (κ3) is 3.67. The molecule has 0 spiro atoms. The summed E-state index contributed by atoms with van der Waals surface area (Å²) in [7, 11) is 1.92. The average molecular weight is 319 g/mol. The standard InChI is InChI=1S/C18H17N5O/c1-23-12-6-10-17(23)15-13-16(21-20-15)18(24)22-19-11-5-9-14-7-3-2-4-8-14/h2-13H,1H3,(H,20,21)(H,22,24)/b9-5+,19-11?. The van der Waals surface area contributed by atoms with Crippen molar-refractivity contribution in [2.45, 2.75) is 0 Å². The van der Waals surface area contributed by atoms with Gasteiger partial charge in [-0.3, -0.25) is 9.89 Å². The van der Waals surface area contributed by atoms with Gasteiger partial charge in [-0.05, 0) is 29.8 Å². The van der Waals surface area contributed by atoms with Crippen molar-refractivity contribution >= 4 is 18.2 Å². The third-order valence-electron chi connectivity index (χ3n) is 3.44. The first-order valence-corrected chi connectivity index (χ1v) is 7.46. The van der Waals surface area contributed by atoms with E-state index in [1.165, 1.54) is 6.21 Å². The summed E-state index contributed by atoms with van der Waals surface area (Å²) < 4.78 is 1.93. The highest BCUT2D eigenvalue weighted by atomic mass is 16.2. The minimum absolute atomic E-state index is 0.340. The highest BCUT2D eigenvalue weighted by molar-refractivity contribution is 5.93. The monoisotopic (exact) mass is 319 g/mol. The molecule has 0 atom stereocenters. The number of allylic oxidation sites excluding steroid dienone is 1. The summed E-state index contributed by atoms with van der Waals surface area (Å²) in [6, 6.07) is 15.4. The summed E-state index contributed by atoms with van der Waals surface area (Å²) >= 11 is 0. The van der Waals surface area contributed by atoms with E-state index in [9.17, 15) is 4.79 Å². The molecule has 0 saturated carbocycles. The SMILES string of the molecule is Cn1cccc1-c1cc(C(=O)NN=C/C=C/c2ccccc2)[nH]n1. The van der Waals surface area contributed by atoms with Crippen LogP contribution < -0.4 is 5.43 Å². The Morgan fingerprint density at radius 1 is 1.25 bits per heavy atom. The Hall–Kier alpha value is -3.41. The molecule has 0 fully saturated rings. The van der Waals surface area contributed by atoms with Crippen LogP contribution in [0.2, 0.25) is 0 Å². The molecule has 24 heavy (non-hydrogen) atoms. The van der Waals surface area contributed by atoms with E-state index in [0.29, 0.717) is 11.4 Å². The van der Waals surface area contributed by atoms with E-state index < -0.39 is 0 Å². The minimum Gasteiger partial charge on any atom is -0.349 e. The molecule has 1 aromatic carbocycles. The summed E-state index contributed by atoms with van der Waals surface area (Å²) in [4.78, 5) is 12.0. The van der Waals surface area contributed by atoms with Crippen LogP contribution in [0.5, 0.6) is 0 Å². The van der Waals surface area contributed by atoms with Gasteiger partial charge in [-0.1, -0.05) is 36.4 Å². The first-order chi connectivity index (χ1) is 11.7. The number of hydrogen-bond donors (Lipinski definition) is 2. The lowest BCUT2D eigenvalue weighted by Gasteiger charge is -1.97. The lowest BCUT2D eigenvalue weighted by atomic mass is 10.2. The van der Waals surface area contributed by atoms with Gasteiger partial charge in [0.2, 0.25) is 0 Å². The first-order valence-electron chi connectivity index (χ1n) is 7.46. The fourth-order valence-electron chi connectivity index (χ4n) is 2.21. The number of hydrazone groups is 1. The first kappa shape index (κ1) is 15.5. The number of rotatable bonds is 5. The molecule has 2 N–H and O–H groups in total. The average Bonchev–Trinajstić information content (AvgIpc) is 3.24. The predicted octanol–water partition coefficient (Wildman–Crippen LogP) is 2.84. The van der Waals surface area contributed by atoms with Crippen LogP contribution in [0.1, 0.15) is 16.1 Å². The van der Waals surface area contributed by atoms with Gasteiger partial charge in [-0.15, -0.1) is 0 Å². The molecule has 6 heteroatoms. The second kappa shape index (κ2) is 7.23. The van der Waals surface area contributed by atoms with E-state index in [2.05, 4.69) is 20.7 Å². The van der Waals surface area contributed by atoms with Crippen LogP contribution in [0.15, 0.2) is 65.9 Å². The van der Waals surface area contributed by atoms with E-state index in [4.69, 9.17) is 0 Å². The van der Waals surface area contributed by atoms with E-state index in [0.717, 1.165) is 11.3 Å². The molecule has 0 saturated heterocycles. The van der Waals surface area contributed by atoms with E-state index in [-0.39, 0.29) is 5.91 Å². The summed E-state index contributed by atoms with van der Waals surface area (Å²) in [5.74, 6) is -0.340. The third-order valence-corrected chi connectivity index (χ3v) is 3.44. The number of carbonyl (C=O) groups is 1. The van der Waals surface area contributed by atoms with Gasteiger partial charge in [0.1, 0.15) is 11.4 Å². The smallest absolute Gasteiger partial charge is 0.289 e. The highest BCUT2D eigenvalue weighted by Gasteiger charge is 2.11. The van der Waals surface area contributed by atoms with Crippen LogP contribution >= 0.6 is 0 Å². The number of amides is 1. The Bertz CT molecular complexity index is 874. The van der Waals surface area contributed by atoms with Crippen molar-refractivity contribution in [3.63, 3.8) is 0 Å². The predicted molar refractivity (Wildman–Crippen MR) is 94.4 cm³/mol. The summed E-state index contributed by atoms with van der Waals surface area (Å²) in [6.07, 6.45) is 7.11. The molecule has 6 nitrogen and oxygen atoms in total. The van der Waals surface area contributed by atoms with Crippen molar-refractivity contribution in [2.75, 3.05) is 0 Å². The van der Waals surface area contributed by atoms with Crippen LogP contribution in [0.25, 0.3) is 17.5 Å². The number of benzene rings is 1. The molecule has 0 aliphatic rings. The quantitative estimate of drug-likeness (QED) is 0.560. The van der Waals surface area contributed by atoms with Gasteiger partial charge in [0.15, 0.2) is 0 Å². The molecule has 1 amide bonds. The molecule has 3 rings (SSSR count). The maximum Gasteiger partial charge on any atom is 0.289 e. The number of nitrogens with one attached hydrogen (secondary N) is 2. The minimum atomic E-state index is -0.340. The number of carbonyl (C=O) groups excluding carboxylic acids is 1. The van der Waals surface area contributed by atoms with Gasteiger partial charge >= 0.3 is 0 Å². The van der Waals surface area contributed by atoms with Crippen molar-refractivity contribution in [1.29, 1.82) is 0 Å². The van der Waals surface area contributed by atoms with Gasteiger partial charge in [0.25, 0.3) is 5.91 Å². The Labute approximate surface area is 139 Å². The van der Waals surface area contributed by atoms with E-state index >= 15 is 0 Å². The topological polar surface area (TPSA) is 75.1 Å². The molecular weight excluding hydrogens is 302 g/mol. The fourth-order valence-corrected chi connectivity index (χ4v) is 2.21. The molecule has 0 aliphatic heterocycles. The van der Waals surface area contributed by atoms with Crippen molar-refractivity contribution < 1.29 is 4.79 Å². The van der Waals surface area contributed by atoms with Gasteiger partial charge in [0.05, 0.1) is 5.69 Å². The Balaban J connectivity index is 1.58. The molecule has 0 bridgehead atoms. The van der Waals surface area contributed by atoms with Gasteiger partial charge in [-0.25, -0.2) is 5.43 Å². The van der Waals surface area contributed by atoms with Crippen LogP contribution in [-0.2, 0) is 7.05 Å². The van der Waals surface area contributed by atoms with Crippen molar-refractivity contribution in [2.24, 2.45) is 12.1 Å². The molecule has 0 aliphatic carbocycles. The zero-order valence-electron chi connectivity index (χ0n) is 13.2. The molecular formula is C18H17N5O. The number of nitrogens with zero attached hydrogens (tertiary/aromatic N) is 3. The second-order valence-electron chi connectivity index (χ2n) is 5.16. The van der Waals surface area contributed by atoms with Crippen molar-refractivity contribution in [3.05, 3.63) is 72.1 Å². The summed E-state index contributed by atoms with van der Waals surface area (Å²) in [5, 5.41) is 10.8. The lowest BCUT2D eigenvalue weighted by molar-refractivity contribution is 0.0950. The fraction of sp³-hybridized carbons (Fsp3) is 0.0556. The van der Waals surface area contributed by atoms with Crippen LogP contribution in [0.4, 0.5) is 0 Å². The molecule has 3 aromatic rings. The zero-order valence-corrected chi connectivity index (χ0v) is 13.2. The number of aromatic nitrogens is 3. The largest absolute Gasteiger partial charge is 0.349 e. The molecule has 120 valence electrons. The van der Waals surface area contributed by atoms with E-state index in [1.54, 1.807) is 12.1 Å². The maximum atomic E-state index is 12.0. The Kier molecular flexibility index (Phi) is 4.67. The highest BCUT2D eigenvalue weighted by Crippen LogP contribution is 2.17. The Morgan fingerprint density at radius 3 is 2.83 bits per heavy atom. The van der Waals surface area contributed by atoms with Gasteiger partial charge in [0, 0.05) is 19.5 Å². The van der Waals surface area contributed by atoms with Crippen LogP contribution in [-0.4, -0.2) is 26.9 Å². The Morgan fingerprint density at radius 2 is 2.08 bits per heavy atom. The van der Waals surface area contributed by atoms with E-state index in [1.807, 2.05) is 66.4 Å². The number of H-pyrrole nitrogens is 1. The van der Waals surface area contributed by atoms with Crippen molar-refractivity contribution in [1.82, 2.24) is 20.2 Å². The normalized spacial score (nSPS) is 11.4. The van der Waals surface area contributed by atoms with Crippen LogP contribution in [0, 0.1) is 0 Å². The number of aromatic amines is 1. The summed E-state index contributed by atoms with van der Waals surface area (Å²) in [6.45, 7) is 0. The van der Waals surface area contributed by atoms with Gasteiger partial charge in [-0.2, -0.15) is 10.2 Å². The molecule has 2 heterocycles.